The van der Waals surface area contributed by atoms with Crippen LogP contribution in [0.15, 0.2) is 48.5 Å². The second-order valence-electron chi connectivity index (χ2n) is 7.03. The molecule has 0 spiro atoms. The number of carbonyl (C=O) groups excluding carboxylic acids is 1. The Morgan fingerprint density at radius 3 is 2.62 bits per heavy atom. The van der Waals surface area contributed by atoms with E-state index in [1.807, 2.05) is 30.3 Å². The molecule has 0 radical (unpaired) electrons. The van der Waals surface area contributed by atoms with E-state index >= 15 is 0 Å². The van der Waals surface area contributed by atoms with Gasteiger partial charge in [-0.3, -0.25) is 4.79 Å². The number of nitrogens with one attached hydrogen (secondary N) is 1. The Labute approximate surface area is 172 Å². The van der Waals surface area contributed by atoms with Gasteiger partial charge in [-0.05, 0) is 42.6 Å². The van der Waals surface area contributed by atoms with Crippen LogP contribution in [0.5, 0.6) is 5.75 Å². The van der Waals surface area contributed by atoms with E-state index in [9.17, 15) is 20.1 Å². The molecule has 0 bridgehead atoms. The quantitative estimate of drug-likeness (QED) is 0.304. The molecule has 0 saturated carbocycles. The number of aliphatic hydroxyl groups excluding tert-OH is 2. The van der Waals surface area contributed by atoms with E-state index < -0.39 is 6.10 Å². The van der Waals surface area contributed by atoms with Gasteiger partial charge in [0.1, 0.15) is 5.75 Å². The Morgan fingerprint density at radius 2 is 1.86 bits per heavy atom. The molecule has 0 fully saturated rings. The maximum absolute atomic E-state index is 11.7. The highest BCUT2D eigenvalue weighted by molar-refractivity contribution is 5.69. The summed E-state index contributed by atoms with van der Waals surface area (Å²) in [5, 5.41) is 32.1. The average molecular weight is 402 g/mol. The van der Waals surface area contributed by atoms with Gasteiger partial charge in [-0.15, -0.1) is 0 Å². The fourth-order valence-electron chi connectivity index (χ4n) is 2.99. The van der Waals surface area contributed by atoms with Crippen LogP contribution >= 0.6 is 0 Å². The van der Waals surface area contributed by atoms with Gasteiger partial charge in [-0.2, -0.15) is 0 Å². The molecule has 0 heterocycles. The van der Waals surface area contributed by atoms with Gasteiger partial charge in [-0.1, -0.05) is 42.8 Å². The first-order chi connectivity index (χ1) is 14.1. The van der Waals surface area contributed by atoms with Gasteiger partial charge in [0.25, 0.3) is 0 Å². The summed E-state index contributed by atoms with van der Waals surface area (Å²) in [6.07, 6.45) is 3.05. The molecule has 1 atom stereocenters. The number of esters is 1. The van der Waals surface area contributed by atoms with Crippen molar-refractivity contribution in [2.24, 2.45) is 0 Å². The third-order valence-corrected chi connectivity index (χ3v) is 4.73. The van der Waals surface area contributed by atoms with Gasteiger partial charge in [-0.25, -0.2) is 0 Å². The molecule has 29 heavy (non-hydrogen) atoms. The van der Waals surface area contributed by atoms with Crippen molar-refractivity contribution >= 4 is 5.97 Å². The maximum Gasteiger partial charge on any atom is 0.305 e. The Kier molecular flexibility index (Phi) is 10.2. The summed E-state index contributed by atoms with van der Waals surface area (Å²) in [5.74, 6) is -0.133. The summed E-state index contributed by atoms with van der Waals surface area (Å²) in [5.41, 5.74) is 2.21. The summed E-state index contributed by atoms with van der Waals surface area (Å²) in [4.78, 5) is 11.7. The molecular formula is C23H31NO5. The van der Waals surface area contributed by atoms with Gasteiger partial charge in [0, 0.05) is 24.9 Å². The van der Waals surface area contributed by atoms with Gasteiger partial charge in [0.2, 0.25) is 0 Å². The number of carbonyl (C=O) groups is 1. The average Bonchev–Trinajstić information content (AvgIpc) is 2.74. The summed E-state index contributed by atoms with van der Waals surface area (Å²) >= 11 is 0. The Balaban J connectivity index is 1.49. The van der Waals surface area contributed by atoms with Crippen molar-refractivity contribution in [3.05, 3.63) is 65.2 Å². The molecule has 0 aromatic heterocycles. The van der Waals surface area contributed by atoms with Crippen molar-refractivity contribution in [3.8, 4) is 5.75 Å². The van der Waals surface area contributed by atoms with E-state index in [4.69, 9.17) is 4.74 Å². The zero-order chi connectivity index (χ0) is 20.9. The number of aromatic hydroxyl groups is 1. The Hall–Kier alpha value is -2.41. The molecule has 6 nitrogen and oxygen atoms in total. The molecule has 0 aliphatic rings. The lowest BCUT2D eigenvalue weighted by atomic mass is 10.1. The number of aliphatic hydroxyl groups is 2. The first kappa shape index (κ1) is 22.9. The van der Waals surface area contributed by atoms with Gasteiger partial charge < -0.3 is 25.4 Å². The van der Waals surface area contributed by atoms with Crippen LogP contribution in [0, 0.1) is 0 Å². The number of rotatable bonds is 13. The molecule has 0 amide bonds. The van der Waals surface area contributed by atoms with E-state index in [0.29, 0.717) is 30.7 Å². The van der Waals surface area contributed by atoms with E-state index in [-0.39, 0.29) is 18.3 Å². The Morgan fingerprint density at radius 1 is 1.07 bits per heavy atom. The highest BCUT2D eigenvalue weighted by atomic mass is 16.5. The van der Waals surface area contributed by atoms with Crippen LogP contribution in [0.25, 0.3) is 0 Å². The van der Waals surface area contributed by atoms with E-state index in [2.05, 4.69) is 5.32 Å². The lowest BCUT2D eigenvalue weighted by molar-refractivity contribution is -0.143. The number of unbranched alkanes of at least 4 members (excludes halogenated alkanes) is 2. The van der Waals surface area contributed by atoms with Crippen LogP contribution in [0.4, 0.5) is 0 Å². The maximum atomic E-state index is 11.7. The smallest absolute Gasteiger partial charge is 0.305 e. The minimum Gasteiger partial charge on any atom is -0.508 e. The fraction of sp³-hybridized carbons (Fsp3) is 0.435. The molecule has 0 saturated heterocycles. The molecule has 0 aliphatic heterocycles. The Bertz CT molecular complexity index is 735. The molecule has 158 valence electrons. The lowest BCUT2D eigenvalue weighted by Crippen LogP contribution is -2.22. The van der Waals surface area contributed by atoms with E-state index in [1.54, 1.807) is 12.1 Å². The number of ether oxygens (including phenoxy) is 1. The monoisotopic (exact) mass is 401 g/mol. The third kappa shape index (κ3) is 8.64. The molecule has 6 heteroatoms. The van der Waals surface area contributed by atoms with Crippen LogP contribution in [0.3, 0.4) is 0 Å². The SMILES string of the molecule is O=C(CCCCCNCC(O)c1ccc(O)c(CO)c1)OCCc1ccccc1. The van der Waals surface area contributed by atoms with Crippen LogP contribution < -0.4 is 5.32 Å². The fourth-order valence-corrected chi connectivity index (χ4v) is 2.99. The second-order valence-corrected chi connectivity index (χ2v) is 7.03. The highest BCUT2D eigenvalue weighted by Gasteiger charge is 2.10. The first-order valence-electron chi connectivity index (χ1n) is 10.1. The van der Waals surface area contributed by atoms with Gasteiger partial charge in [0.05, 0.1) is 19.3 Å². The lowest BCUT2D eigenvalue weighted by Gasteiger charge is -2.14. The number of benzene rings is 2. The summed E-state index contributed by atoms with van der Waals surface area (Å²) < 4.78 is 5.26. The van der Waals surface area contributed by atoms with E-state index in [1.165, 1.54) is 6.07 Å². The zero-order valence-corrected chi connectivity index (χ0v) is 16.7. The normalized spacial score (nSPS) is 11.9. The van der Waals surface area contributed by atoms with Crippen LogP contribution in [-0.2, 0) is 22.6 Å². The summed E-state index contributed by atoms with van der Waals surface area (Å²) in [6, 6.07) is 14.7. The number of hydrogen-bond donors (Lipinski definition) is 4. The molecule has 2 rings (SSSR count). The number of phenols is 1. The highest BCUT2D eigenvalue weighted by Crippen LogP contribution is 2.22. The second kappa shape index (κ2) is 12.9. The third-order valence-electron chi connectivity index (χ3n) is 4.73. The predicted octanol–water partition coefficient (Wildman–Crippen LogP) is 2.85. The van der Waals surface area contributed by atoms with Crippen molar-refractivity contribution in [1.82, 2.24) is 5.32 Å². The van der Waals surface area contributed by atoms with Crippen molar-refractivity contribution < 1.29 is 24.9 Å². The van der Waals surface area contributed by atoms with Crippen molar-refractivity contribution in [1.29, 1.82) is 0 Å². The minimum atomic E-state index is -0.708. The zero-order valence-electron chi connectivity index (χ0n) is 16.7. The van der Waals surface area contributed by atoms with Crippen molar-refractivity contribution in [2.75, 3.05) is 19.7 Å². The molecule has 2 aromatic rings. The summed E-state index contributed by atoms with van der Waals surface area (Å²) in [7, 11) is 0. The molecule has 0 aliphatic carbocycles. The molecule has 2 aromatic carbocycles. The summed E-state index contributed by atoms with van der Waals surface area (Å²) in [6.45, 7) is 1.27. The van der Waals surface area contributed by atoms with Crippen LogP contribution in [-0.4, -0.2) is 41.0 Å². The van der Waals surface area contributed by atoms with Crippen LogP contribution in [0.1, 0.15) is 48.5 Å². The number of hydrogen-bond acceptors (Lipinski definition) is 6. The predicted molar refractivity (Wildman–Crippen MR) is 111 cm³/mol. The molecular weight excluding hydrogens is 370 g/mol. The van der Waals surface area contributed by atoms with E-state index in [0.717, 1.165) is 37.8 Å². The largest absolute Gasteiger partial charge is 0.508 e. The van der Waals surface area contributed by atoms with Crippen molar-refractivity contribution in [3.63, 3.8) is 0 Å². The van der Waals surface area contributed by atoms with Crippen LogP contribution in [0.2, 0.25) is 0 Å². The topological polar surface area (TPSA) is 99.0 Å². The first-order valence-corrected chi connectivity index (χ1v) is 10.1. The standard InChI is InChI=1S/C23H31NO5/c25-17-20-15-19(10-11-21(20)26)22(27)16-24-13-6-2-5-9-23(28)29-14-12-18-7-3-1-4-8-18/h1,3-4,7-8,10-11,15,22,24-27H,2,5-6,9,12-14,16-17H2. The van der Waals surface area contributed by atoms with Crippen molar-refractivity contribution in [2.45, 2.75) is 44.8 Å². The molecule has 1 unspecified atom stereocenters. The van der Waals surface area contributed by atoms with Gasteiger partial charge in [0.15, 0.2) is 0 Å². The van der Waals surface area contributed by atoms with Gasteiger partial charge >= 0.3 is 5.97 Å². The molecule has 4 N–H and O–H groups in total. The minimum absolute atomic E-state index is 0.0231.